The molecule has 0 spiro atoms. The average Bonchev–Trinajstić information content (AvgIpc) is 3.25. The summed E-state index contributed by atoms with van der Waals surface area (Å²) in [4.78, 5) is 4.31. The van der Waals surface area contributed by atoms with Crippen LogP contribution in [-0.4, -0.2) is 26.5 Å². The van der Waals surface area contributed by atoms with Gasteiger partial charge in [0.2, 0.25) is 10.0 Å². The van der Waals surface area contributed by atoms with Crippen molar-refractivity contribution >= 4 is 20.8 Å². The largest absolute Gasteiger partial charge is 0.330 e. The highest BCUT2D eigenvalue weighted by Crippen LogP contribution is 2.44. The molecule has 3 rings (SSSR count). The Balaban J connectivity index is 1.93. The lowest BCUT2D eigenvalue weighted by Crippen LogP contribution is -2.34. The maximum Gasteiger partial charge on any atom is 0.241 e. The van der Waals surface area contributed by atoms with E-state index in [2.05, 4.69) is 9.71 Å². The van der Waals surface area contributed by atoms with E-state index >= 15 is 0 Å². The van der Waals surface area contributed by atoms with E-state index in [1.807, 2.05) is 6.07 Å². The number of hydrogen-bond donors (Lipinski definition) is 2. The van der Waals surface area contributed by atoms with E-state index in [-0.39, 0.29) is 5.41 Å². The summed E-state index contributed by atoms with van der Waals surface area (Å²) in [5.74, 6) is 0. The van der Waals surface area contributed by atoms with Crippen LogP contribution in [-0.2, 0) is 10.0 Å². The quantitative estimate of drug-likeness (QED) is 0.868. The minimum absolute atomic E-state index is 0.0286. The van der Waals surface area contributed by atoms with Crippen molar-refractivity contribution in [2.45, 2.75) is 17.7 Å². The third-order valence-corrected chi connectivity index (χ3v) is 5.42. The summed E-state index contributed by atoms with van der Waals surface area (Å²) in [6.07, 6.45) is 5.25. The highest BCUT2D eigenvalue weighted by molar-refractivity contribution is 7.89. The Bertz CT molecular complexity index is 734. The van der Waals surface area contributed by atoms with Crippen molar-refractivity contribution in [3.05, 3.63) is 36.7 Å². The molecule has 6 heteroatoms. The minimum Gasteiger partial charge on any atom is -0.330 e. The van der Waals surface area contributed by atoms with Crippen molar-refractivity contribution in [3.8, 4) is 0 Å². The van der Waals surface area contributed by atoms with Gasteiger partial charge in [0.1, 0.15) is 0 Å². The minimum atomic E-state index is -3.52. The van der Waals surface area contributed by atoms with Gasteiger partial charge in [0, 0.05) is 29.7 Å². The van der Waals surface area contributed by atoms with Gasteiger partial charge in [-0.1, -0.05) is 12.1 Å². The van der Waals surface area contributed by atoms with Gasteiger partial charge in [-0.3, -0.25) is 4.98 Å². The van der Waals surface area contributed by atoms with Crippen LogP contribution in [0.25, 0.3) is 10.8 Å². The number of nitrogens with two attached hydrogens (primary N) is 1. The molecule has 1 aliphatic rings. The van der Waals surface area contributed by atoms with Gasteiger partial charge in [-0.2, -0.15) is 0 Å². The van der Waals surface area contributed by atoms with E-state index in [0.717, 1.165) is 18.2 Å². The molecular weight excluding hydrogens is 274 g/mol. The topological polar surface area (TPSA) is 85.1 Å². The second-order valence-corrected chi connectivity index (χ2v) is 7.12. The van der Waals surface area contributed by atoms with Crippen LogP contribution >= 0.6 is 0 Å². The highest BCUT2D eigenvalue weighted by Gasteiger charge is 2.41. The van der Waals surface area contributed by atoms with Crippen molar-refractivity contribution in [3.63, 3.8) is 0 Å². The van der Waals surface area contributed by atoms with E-state index in [9.17, 15) is 8.42 Å². The Kier molecular flexibility index (Phi) is 3.24. The molecule has 1 aliphatic carbocycles. The summed E-state index contributed by atoms with van der Waals surface area (Å²) in [6.45, 7) is 0.933. The van der Waals surface area contributed by atoms with Crippen LogP contribution in [0.3, 0.4) is 0 Å². The molecule has 106 valence electrons. The molecule has 0 saturated heterocycles. The lowest BCUT2D eigenvalue weighted by molar-refractivity contribution is 0.501. The first-order valence-electron chi connectivity index (χ1n) is 6.59. The van der Waals surface area contributed by atoms with Crippen LogP contribution in [0.2, 0.25) is 0 Å². The Labute approximate surface area is 118 Å². The fourth-order valence-electron chi connectivity index (χ4n) is 2.28. The van der Waals surface area contributed by atoms with Gasteiger partial charge in [0.25, 0.3) is 0 Å². The number of pyridine rings is 1. The molecular formula is C14H17N3O2S. The van der Waals surface area contributed by atoms with Crippen molar-refractivity contribution in [2.75, 3.05) is 13.1 Å². The van der Waals surface area contributed by atoms with Gasteiger partial charge in [0.15, 0.2) is 0 Å². The molecule has 0 bridgehead atoms. The summed E-state index contributed by atoms with van der Waals surface area (Å²) in [6, 6.07) is 6.92. The van der Waals surface area contributed by atoms with Crippen LogP contribution < -0.4 is 10.5 Å². The van der Waals surface area contributed by atoms with Gasteiger partial charge in [0.05, 0.1) is 4.90 Å². The molecule has 1 heterocycles. The number of hydrogen-bond acceptors (Lipinski definition) is 4. The number of sulfonamides is 1. The molecule has 0 amide bonds. The Hall–Kier alpha value is -1.50. The van der Waals surface area contributed by atoms with Crippen LogP contribution in [0.4, 0.5) is 0 Å². The van der Waals surface area contributed by atoms with Gasteiger partial charge in [-0.05, 0) is 36.9 Å². The molecule has 1 aromatic carbocycles. The van der Waals surface area contributed by atoms with Gasteiger partial charge in [-0.15, -0.1) is 0 Å². The standard InChI is InChI=1S/C14H17N3O2S/c15-9-14(5-6-14)10-17-20(18,19)13-3-1-2-11-8-16-7-4-12(11)13/h1-4,7-8,17H,5-6,9-10,15H2. The van der Waals surface area contributed by atoms with Gasteiger partial charge in [-0.25, -0.2) is 13.1 Å². The van der Waals surface area contributed by atoms with Gasteiger partial charge < -0.3 is 5.73 Å². The third kappa shape index (κ3) is 2.42. The zero-order valence-electron chi connectivity index (χ0n) is 11.0. The van der Waals surface area contributed by atoms with E-state index in [1.165, 1.54) is 0 Å². The van der Waals surface area contributed by atoms with Crippen molar-refractivity contribution in [1.29, 1.82) is 0 Å². The fraction of sp³-hybridized carbons (Fsp3) is 0.357. The summed E-state index contributed by atoms with van der Waals surface area (Å²) in [7, 11) is -3.52. The van der Waals surface area contributed by atoms with E-state index in [0.29, 0.717) is 23.4 Å². The van der Waals surface area contributed by atoms with E-state index < -0.39 is 10.0 Å². The molecule has 20 heavy (non-hydrogen) atoms. The van der Waals surface area contributed by atoms with Crippen molar-refractivity contribution in [1.82, 2.24) is 9.71 Å². The Morgan fingerprint density at radius 2 is 2.10 bits per heavy atom. The third-order valence-electron chi connectivity index (χ3n) is 3.96. The van der Waals surface area contributed by atoms with Crippen LogP contribution in [0.5, 0.6) is 0 Å². The highest BCUT2D eigenvalue weighted by atomic mass is 32.2. The normalized spacial score (nSPS) is 17.2. The summed E-state index contributed by atoms with van der Waals surface area (Å²) in [5.41, 5.74) is 5.66. The number of fused-ring (bicyclic) bond motifs is 1. The predicted octanol–water partition coefficient (Wildman–Crippen LogP) is 1.25. The van der Waals surface area contributed by atoms with Crippen molar-refractivity contribution in [2.24, 2.45) is 11.1 Å². The van der Waals surface area contributed by atoms with Gasteiger partial charge >= 0.3 is 0 Å². The molecule has 1 fully saturated rings. The average molecular weight is 291 g/mol. The lowest BCUT2D eigenvalue weighted by Gasteiger charge is -2.14. The van der Waals surface area contributed by atoms with Crippen LogP contribution in [0.1, 0.15) is 12.8 Å². The Morgan fingerprint density at radius 1 is 1.30 bits per heavy atom. The molecule has 2 aromatic rings. The molecule has 0 atom stereocenters. The first-order chi connectivity index (χ1) is 9.56. The molecule has 1 aromatic heterocycles. The maximum atomic E-state index is 12.5. The summed E-state index contributed by atoms with van der Waals surface area (Å²) < 4.78 is 27.6. The SMILES string of the molecule is NCC1(CNS(=O)(=O)c2cccc3cnccc23)CC1. The first kappa shape index (κ1) is 13.5. The van der Waals surface area contributed by atoms with Crippen LogP contribution in [0.15, 0.2) is 41.6 Å². The monoisotopic (exact) mass is 291 g/mol. The number of rotatable bonds is 5. The maximum absolute atomic E-state index is 12.5. The fourth-order valence-corrected chi connectivity index (χ4v) is 3.67. The number of nitrogens with one attached hydrogen (secondary N) is 1. The Morgan fingerprint density at radius 3 is 2.80 bits per heavy atom. The summed E-state index contributed by atoms with van der Waals surface area (Å²) >= 11 is 0. The lowest BCUT2D eigenvalue weighted by atomic mass is 10.1. The molecule has 0 unspecified atom stereocenters. The smallest absolute Gasteiger partial charge is 0.241 e. The summed E-state index contributed by atoms with van der Waals surface area (Å²) in [5, 5.41) is 1.50. The van der Waals surface area contributed by atoms with E-state index in [1.54, 1.807) is 30.6 Å². The second-order valence-electron chi connectivity index (χ2n) is 5.38. The van der Waals surface area contributed by atoms with Crippen LogP contribution in [0, 0.1) is 5.41 Å². The predicted molar refractivity (Wildman–Crippen MR) is 77.7 cm³/mol. The van der Waals surface area contributed by atoms with E-state index in [4.69, 9.17) is 5.73 Å². The number of benzene rings is 1. The zero-order chi connectivity index (χ0) is 14.2. The molecule has 0 radical (unpaired) electrons. The molecule has 3 N–H and O–H groups in total. The first-order valence-corrected chi connectivity index (χ1v) is 8.07. The zero-order valence-corrected chi connectivity index (χ0v) is 11.9. The number of aromatic nitrogens is 1. The number of nitrogens with zero attached hydrogens (tertiary/aromatic N) is 1. The molecule has 0 aliphatic heterocycles. The molecule has 1 saturated carbocycles. The van der Waals surface area contributed by atoms with Crippen molar-refractivity contribution < 1.29 is 8.42 Å². The molecule has 5 nitrogen and oxygen atoms in total. The second kappa shape index (κ2) is 4.80.